The largest absolute Gasteiger partial charge is 0.360 e. The summed E-state index contributed by atoms with van der Waals surface area (Å²) in [5.74, 6) is 1.20. The van der Waals surface area contributed by atoms with Gasteiger partial charge in [0.25, 0.3) is 5.91 Å². The van der Waals surface area contributed by atoms with Gasteiger partial charge in [0.05, 0.1) is 22.9 Å². The van der Waals surface area contributed by atoms with Crippen molar-refractivity contribution >= 4 is 21.8 Å². The number of rotatable bonds is 3. The van der Waals surface area contributed by atoms with Crippen molar-refractivity contribution < 1.29 is 9.32 Å². The number of amides is 1. The number of aromatic nitrogens is 3. The summed E-state index contributed by atoms with van der Waals surface area (Å²) < 4.78 is 8.03. The Kier molecular flexibility index (Phi) is 4.55. The maximum Gasteiger partial charge on any atom is 0.274 e. The van der Waals surface area contributed by atoms with Crippen LogP contribution in [0.5, 0.6) is 0 Å². The fourth-order valence-corrected chi connectivity index (χ4v) is 3.69. The Balaban J connectivity index is 1.74. The van der Waals surface area contributed by atoms with Crippen molar-refractivity contribution in [1.29, 1.82) is 0 Å². The summed E-state index contributed by atoms with van der Waals surface area (Å²) in [5, 5.41) is 11.1. The van der Waals surface area contributed by atoms with Gasteiger partial charge in [-0.1, -0.05) is 25.9 Å². The van der Waals surface area contributed by atoms with E-state index in [9.17, 15) is 4.79 Å². The molecule has 2 heterocycles. The number of aryl methyl sites for hydroxylation is 2. The third-order valence-electron chi connectivity index (χ3n) is 4.91. The molecular formula is C17H23BrN4O2. The van der Waals surface area contributed by atoms with Crippen LogP contribution in [-0.4, -0.2) is 20.8 Å². The number of carbonyl (C=O) groups excluding carboxylic acids is 1. The van der Waals surface area contributed by atoms with Gasteiger partial charge in [-0.3, -0.25) is 9.48 Å². The molecule has 1 N–H and O–H groups in total. The Morgan fingerprint density at radius 1 is 1.50 bits per heavy atom. The van der Waals surface area contributed by atoms with E-state index < -0.39 is 0 Å². The van der Waals surface area contributed by atoms with Crippen LogP contribution >= 0.6 is 15.9 Å². The van der Waals surface area contributed by atoms with Crippen LogP contribution in [0.25, 0.3) is 0 Å². The molecule has 0 spiro atoms. The Bertz CT molecular complexity index is 738. The summed E-state index contributed by atoms with van der Waals surface area (Å²) in [7, 11) is 1.85. The van der Waals surface area contributed by atoms with E-state index in [2.05, 4.69) is 52.3 Å². The van der Waals surface area contributed by atoms with Gasteiger partial charge in [0.2, 0.25) is 0 Å². The molecule has 0 fully saturated rings. The quantitative estimate of drug-likeness (QED) is 0.866. The van der Waals surface area contributed by atoms with Crippen molar-refractivity contribution in [1.82, 2.24) is 20.3 Å². The fourth-order valence-electron chi connectivity index (χ4n) is 3.20. The molecule has 0 unspecified atom stereocenters. The highest BCUT2D eigenvalue weighted by Crippen LogP contribution is 2.38. The second kappa shape index (κ2) is 6.35. The molecule has 3 rings (SSSR count). The third-order valence-corrected chi connectivity index (χ3v) is 5.57. The topological polar surface area (TPSA) is 73.0 Å². The smallest absolute Gasteiger partial charge is 0.274 e. The average molecular weight is 395 g/mol. The minimum atomic E-state index is -0.192. The molecule has 2 aromatic heterocycles. The zero-order valence-corrected chi connectivity index (χ0v) is 16.1. The standard InChI is InChI=1S/C17H23BrN4O2/c1-17(2,3)10-5-6-14-11(7-10)15(21-24-14)16(23)19-9-13-12(18)8-20-22(13)4/h8,10H,5-7,9H2,1-4H3,(H,19,23)/t10-/m1/s1. The number of nitrogens with zero attached hydrogens (tertiary/aromatic N) is 3. The monoisotopic (exact) mass is 394 g/mol. The molecule has 0 aliphatic heterocycles. The van der Waals surface area contributed by atoms with Crippen LogP contribution in [0.2, 0.25) is 0 Å². The van der Waals surface area contributed by atoms with Gasteiger partial charge in [-0.05, 0) is 40.1 Å². The molecule has 0 radical (unpaired) electrons. The molecular weight excluding hydrogens is 372 g/mol. The first-order chi connectivity index (χ1) is 11.3. The van der Waals surface area contributed by atoms with Crippen LogP contribution in [-0.2, 0) is 26.4 Å². The molecule has 1 amide bonds. The van der Waals surface area contributed by atoms with Crippen LogP contribution in [0.1, 0.15) is 54.7 Å². The van der Waals surface area contributed by atoms with Crippen molar-refractivity contribution in [3.8, 4) is 0 Å². The Morgan fingerprint density at radius 3 is 2.88 bits per heavy atom. The molecule has 7 heteroatoms. The van der Waals surface area contributed by atoms with E-state index >= 15 is 0 Å². The first kappa shape index (κ1) is 17.2. The van der Waals surface area contributed by atoms with Gasteiger partial charge in [0, 0.05) is 19.0 Å². The normalized spacial score (nSPS) is 17.6. The zero-order chi connectivity index (χ0) is 17.5. The van der Waals surface area contributed by atoms with Gasteiger partial charge >= 0.3 is 0 Å². The zero-order valence-electron chi connectivity index (χ0n) is 14.5. The van der Waals surface area contributed by atoms with E-state index in [-0.39, 0.29) is 11.3 Å². The van der Waals surface area contributed by atoms with Crippen LogP contribution in [0.15, 0.2) is 15.2 Å². The fraction of sp³-hybridized carbons (Fsp3) is 0.588. The molecule has 130 valence electrons. The lowest BCUT2D eigenvalue weighted by atomic mass is 9.71. The predicted octanol–water partition coefficient (Wildman–Crippen LogP) is 3.25. The lowest BCUT2D eigenvalue weighted by molar-refractivity contribution is 0.0939. The van der Waals surface area contributed by atoms with E-state index in [0.717, 1.165) is 40.8 Å². The minimum Gasteiger partial charge on any atom is -0.360 e. The van der Waals surface area contributed by atoms with Crippen LogP contribution < -0.4 is 5.32 Å². The molecule has 0 aromatic carbocycles. The van der Waals surface area contributed by atoms with Crippen LogP contribution in [0.3, 0.4) is 0 Å². The Labute approximate surface area is 150 Å². The number of hydrogen-bond acceptors (Lipinski definition) is 4. The molecule has 24 heavy (non-hydrogen) atoms. The number of fused-ring (bicyclic) bond motifs is 1. The summed E-state index contributed by atoms with van der Waals surface area (Å²) in [6.07, 6.45) is 4.49. The molecule has 0 saturated carbocycles. The molecule has 1 aliphatic rings. The maximum absolute atomic E-state index is 12.6. The predicted molar refractivity (Wildman–Crippen MR) is 93.6 cm³/mol. The van der Waals surface area contributed by atoms with Gasteiger partial charge in [0.1, 0.15) is 5.76 Å². The van der Waals surface area contributed by atoms with E-state index in [1.807, 2.05) is 7.05 Å². The molecule has 6 nitrogen and oxygen atoms in total. The second-order valence-corrected chi connectivity index (χ2v) is 8.34. The minimum absolute atomic E-state index is 0.192. The van der Waals surface area contributed by atoms with E-state index in [1.54, 1.807) is 10.9 Å². The molecule has 1 atom stereocenters. The van der Waals surface area contributed by atoms with Crippen molar-refractivity contribution in [2.75, 3.05) is 0 Å². The number of halogens is 1. The molecule has 2 aromatic rings. The summed E-state index contributed by atoms with van der Waals surface area (Å²) in [5.41, 5.74) is 2.52. The third kappa shape index (κ3) is 3.27. The first-order valence-corrected chi connectivity index (χ1v) is 8.98. The van der Waals surface area contributed by atoms with Crippen LogP contribution in [0, 0.1) is 11.3 Å². The summed E-state index contributed by atoms with van der Waals surface area (Å²) in [6.45, 7) is 7.13. The van der Waals surface area contributed by atoms with Crippen LogP contribution in [0.4, 0.5) is 0 Å². The van der Waals surface area contributed by atoms with Crippen molar-refractivity contribution in [3.05, 3.63) is 33.4 Å². The van der Waals surface area contributed by atoms with Gasteiger partial charge in [-0.15, -0.1) is 0 Å². The number of carbonyl (C=O) groups is 1. The summed E-state index contributed by atoms with van der Waals surface area (Å²) in [6, 6.07) is 0. The summed E-state index contributed by atoms with van der Waals surface area (Å²) >= 11 is 3.44. The van der Waals surface area contributed by atoms with E-state index in [4.69, 9.17) is 4.52 Å². The maximum atomic E-state index is 12.6. The van der Waals surface area contributed by atoms with Crippen molar-refractivity contribution in [3.63, 3.8) is 0 Å². The van der Waals surface area contributed by atoms with Gasteiger partial charge < -0.3 is 9.84 Å². The number of hydrogen-bond donors (Lipinski definition) is 1. The van der Waals surface area contributed by atoms with Crippen molar-refractivity contribution in [2.24, 2.45) is 18.4 Å². The Hall–Kier alpha value is -1.63. The summed E-state index contributed by atoms with van der Waals surface area (Å²) in [4.78, 5) is 12.6. The van der Waals surface area contributed by atoms with Gasteiger partial charge in [-0.2, -0.15) is 5.10 Å². The van der Waals surface area contributed by atoms with E-state index in [1.165, 1.54) is 0 Å². The highest BCUT2D eigenvalue weighted by atomic mass is 79.9. The van der Waals surface area contributed by atoms with E-state index in [0.29, 0.717) is 18.2 Å². The highest BCUT2D eigenvalue weighted by Gasteiger charge is 2.34. The SMILES string of the molecule is Cn1ncc(Br)c1CNC(=O)c1noc2c1C[C@H](C(C)(C)C)CC2. The molecule has 0 saturated heterocycles. The lowest BCUT2D eigenvalue weighted by Crippen LogP contribution is -2.29. The Morgan fingerprint density at radius 2 is 2.25 bits per heavy atom. The number of nitrogens with one attached hydrogen (secondary N) is 1. The average Bonchev–Trinajstić information content (AvgIpc) is 3.07. The van der Waals surface area contributed by atoms with Gasteiger partial charge in [-0.25, -0.2) is 0 Å². The first-order valence-electron chi connectivity index (χ1n) is 8.19. The molecule has 0 bridgehead atoms. The van der Waals surface area contributed by atoms with Gasteiger partial charge in [0.15, 0.2) is 5.69 Å². The second-order valence-electron chi connectivity index (χ2n) is 7.48. The van der Waals surface area contributed by atoms with Crippen molar-refractivity contribution in [2.45, 2.75) is 46.6 Å². The lowest BCUT2D eigenvalue weighted by Gasteiger charge is -2.33. The molecule has 1 aliphatic carbocycles. The highest BCUT2D eigenvalue weighted by molar-refractivity contribution is 9.10.